The van der Waals surface area contributed by atoms with Crippen molar-refractivity contribution in [1.82, 2.24) is 0 Å². The lowest BCUT2D eigenvalue weighted by Crippen LogP contribution is -2.12. The molecule has 0 aliphatic carbocycles. The van der Waals surface area contributed by atoms with E-state index in [9.17, 15) is 4.79 Å². The Bertz CT molecular complexity index is 355. The van der Waals surface area contributed by atoms with Gasteiger partial charge in [-0.3, -0.25) is 4.79 Å². The molecule has 0 aromatic carbocycles. The Kier molecular flexibility index (Phi) is 4.33. The topological polar surface area (TPSA) is 79.9 Å². The number of hydrogen-bond acceptors (Lipinski definition) is 5. The van der Waals surface area contributed by atoms with E-state index in [1.54, 1.807) is 6.92 Å². The molecule has 0 radical (unpaired) electrons. The van der Waals surface area contributed by atoms with Crippen LogP contribution < -0.4 is 10.2 Å². The molecule has 0 fully saturated rings. The summed E-state index contributed by atoms with van der Waals surface area (Å²) in [5.41, 5.74) is -0.337. The molecule has 5 nitrogen and oxygen atoms in total. The highest BCUT2D eigenvalue weighted by molar-refractivity contribution is 5.17. The molecule has 2 N–H and O–H groups in total. The van der Waals surface area contributed by atoms with E-state index in [-0.39, 0.29) is 30.2 Å². The zero-order valence-electron chi connectivity index (χ0n) is 8.47. The van der Waals surface area contributed by atoms with Crippen molar-refractivity contribution < 1.29 is 19.4 Å². The number of rotatable bonds is 5. The Morgan fingerprint density at radius 3 is 2.87 bits per heavy atom. The highest BCUT2D eigenvalue weighted by atomic mass is 16.5. The summed E-state index contributed by atoms with van der Waals surface area (Å²) in [5, 5.41) is 17.7. The fourth-order valence-electron chi connectivity index (χ4n) is 0.966. The van der Waals surface area contributed by atoms with Gasteiger partial charge < -0.3 is 19.4 Å². The van der Waals surface area contributed by atoms with E-state index in [0.717, 1.165) is 6.26 Å². The molecule has 0 spiro atoms. The highest BCUT2D eigenvalue weighted by Crippen LogP contribution is 2.06. The SMILES string of the molecule is CC(O)CCOc1coc(CO)cc1=O. The molecule has 1 atom stereocenters. The van der Waals surface area contributed by atoms with Gasteiger partial charge in [-0.1, -0.05) is 0 Å². The summed E-state index contributed by atoms with van der Waals surface area (Å²) in [6.07, 6.45) is 1.14. The minimum atomic E-state index is -0.464. The first-order valence-corrected chi connectivity index (χ1v) is 4.67. The van der Waals surface area contributed by atoms with Gasteiger partial charge in [0.25, 0.3) is 0 Å². The van der Waals surface area contributed by atoms with Crippen LogP contribution in [0.2, 0.25) is 0 Å². The average molecular weight is 214 g/mol. The molecule has 0 aliphatic heterocycles. The third-order valence-corrected chi connectivity index (χ3v) is 1.80. The average Bonchev–Trinajstić information content (AvgIpc) is 2.20. The van der Waals surface area contributed by atoms with Gasteiger partial charge >= 0.3 is 0 Å². The largest absolute Gasteiger partial charge is 0.487 e. The maximum atomic E-state index is 11.3. The van der Waals surface area contributed by atoms with E-state index in [1.807, 2.05) is 0 Å². The number of hydrogen-bond donors (Lipinski definition) is 2. The Hall–Kier alpha value is -1.33. The fourth-order valence-corrected chi connectivity index (χ4v) is 0.966. The number of aliphatic hydroxyl groups is 2. The highest BCUT2D eigenvalue weighted by Gasteiger charge is 2.04. The minimum absolute atomic E-state index is 0.0906. The van der Waals surface area contributed by atoms with Crippen molar-refractivity contribution in [1.29, 1.82) is 0 Å². The Morgan fingerprint density at radius 2 is 2.33 bits per heavy atom. The summed E-state index contributed by atoms with van der Waals surface area (Å²) in [4.78, 5) is 11.3. The van der Waals surface area contributed by atoms with E-state index < -0.39 is 6.10 Å². The molecule has 0 bridgehead atoms. The van der Waals surface area contributed by atoms with Gasteiger partial charge in [-0.2, -0.15) is 0 Å². The van der Waals surface area contributed by atoms with Crippen LogP contribution in [0.25, 0.3) is 0 Å². The Morgan fingerprint density at radius 1 is 1.60 bits per heavy atom. The van der Waals surface area contributed by atoms with Gasteiger partial charge in [0.2, 0.25) is 11.2 Å². The second-order valence-electron chi connectivity index (χ2n) is 3.22. The Labute approximate surface area is 86.9 Å². The van der Waals surface area contributed by atoms with Gasteiger partial charge in [0.15, 0.2) is 0 Å². The van der Waals surface area contributed by atoms with Crippen molar-refractivity contribution in [2.45, 2.75) is 26.1 Å². The summed E-state index contributed by atoms with van der Waals surface area (Å²) in [6.45, 7) is 1.57. The van der Waals surface area contributed by atoms with Crippen molar-refractivity contribution in [2.24, 2.45) is 0 Å². The van der Waals surface area contributed by atoms with E-state index in [0.29, 0.717) is 6.42 Å². The normalized spacial score (nSPS) is 12.5. The zero-order valence-corrected chi connectivity index (χ0v) is 8.47. The van der Waals surface area contributed by atoms with Crippen LogP contribution in [-0.2, 0) is 6.61 Å². The number of aliphatic hydroxyl groups excluding tert-OH is 2. The fraction of sp³-hybridized carbons (Fsp3) is 0.500. The van der Waals surface area contributed by atoms with Gasteiger partial charge in [-0.25, -0.2) is 0 Å². The van der Waals surface area contributed by atoms with E-state index >= 15 is 0 Å². The monoisotopic (exact) mass is 214 g/mol. The second-order valence-corrected chi connectivity index (χ2v) is 3.22. The van der Waals surface area contributed by atoms with Crippen LogP contribution in [-0.4, -0.2) is 22.9 Å². The predicted octanol–water partition coefficient (Wildman–Crippen LogP) is 0.282. The summed E-state index contributed by atoms with van der Waals surface area (Å²) < 4.78 is 10.0. The summed E-state index contributed by atoms with van der Waals surface area (Å²) in [6, 6.07) is 1.18. The van der Waals surface area contributed by atoms with Gasteiger partial charge in [0.1, 0.15) is 18.6 Å². The van der Waals surface area contributed by atoms with E-state index in [1.165, 1.54) is 6.07 Å². The minimum Gasteiger partial charge on any atom is -0.487 e. The maximum absolute atomic E-state index is 11.3. The summed E-state index contributed by atoms with van der Waals surface area (Å²) >= 11 is 0. The quantitative estimate of drug-likeness (QED) is 0.736. The van der Waals surface area contributed by atoms with Crippen LogP contribution in [0.3, 0.4) is 0 Å². The summed E-state index contributed by atoms with van der Waals surface area (Å²) in [7, 11) is 0. The first-order chi connectivity index (χ1) is 7.13. The van der Waals surface area contributed by atoms with Crippen LogP contribution >= 0.6 is 0 Å². The molecular weight excluding hydrogens is 200 g/mol. The lowest BCUT2D eigenvalue weighted by molar-refractivity contribution is 0.153. The standard InChI is InChI=1S/C10H14O5/c1-7(12)2-3-14-10-6-15-8(5-11)4-9(10)13/h4,6-7,11-12H,2-3,5H2,1H3. The van der Waals surface area contributed by atoms with E-state index in [4.69, 9.17) is 19.4 Å². The van der Waals surface area contributed by atoms with Gasteiger partial charge in [-0.05, 0) is 6.92 Å². The lowest BCUT2D eigenvalue weighted by atomic mass is 10.3. The van der Waals surface area contributed by atoms with Gasteiger partial charge in [-0.15, -0.1) is 0 Å². The Balaban J connectivity index is 2.58. The van der Waals surface area contributed by atoms with E-state index in [2.05, 4.69) is 0 Å². The van der Waals surface area contributed by atoms with Crippen LogP contribution in [0.5, 0.6) is 5.75 Å². The molecule has 5 heteroatoms. The van der Waals surface area contributed by atoms with Crippen molar-refractivity contribution in [3.63, 3.8) is 0 Å². The van der Waals surface area contributed by atoms with Crippen LogP contribution in [0.1, 0.15) is 19.1 Å². The third kappa shape index (κ3) is 3.73. The van der Waals surface area contributed by atoms with Crippen molar-refractivity contribution in [3.8, 4) is 5.75 Å². The van der Waals surface area contributed by atoms with Crippen LogP contribution in [0.15, 0.2) is 21.5 Å². The smallest absolute Gasteiger partial charge is 0.227 e. The molecular formula is C10H14O5. The molecule has 1 aromatic rings. The lowest BCUT2D eigenvalue weighted by Gasteiger charge is -2.06. The molecule has 1 heterocycles. The number of ether oxygens (including phenoxy) is 1. The second kappa shape index (κ2) is 5.53. The molecule has 15 heavy (non-hydrogen) atoms. The summed E-state index contributed by atoms with van der Waals surface area (Å²) in [5.74, 6) is 0.288. The molecule has 0 saturated carbocycles. The van der Waals surface area contributed by atoms with Crippen LogP contribution in [0.4, 0.5) is 0 Å². The molecule has 0 saturated heterocycles. The molecule has 1 unspecified atom stereocenters. The van der Waals surface area contributed by atoms with Crippen molar-refractivity contribution >= 4 is 0 Å². The van der Waals surface area contributed by atoms with Gasteiger partial charge in [0, 0.05) is 12.5 Å². The molecule has 1 aromatic heterocycles. The zero-order chi connectivity index (χ0) is 11.3. The van der Waals surface area contributed by atoms with Crippen molar-refractivity contribution in [3.05, 3.63) is 28.3 Å². The molecule has 0 aliphatic rings. The maximum Gasteiger partial charge on any atom is 0.227 e. The molecule has 0 amide bonds. The van der Waals surface area contributed by atoms with Crippen molar-refractivity contribution in [2.75, 3.05) is 6.61 Å². The predicted molar refractivity (Wildman–Crippen MR) is 52.7 cm³/mol. The first kappa shape index (κ1) is 11.7. The van der Waals surface area contributed by atoms with Gasteiger partial charge in [0.05, 0.1) is 12.7 Å². The molecule has 84 valence electrons. The first-order valence-electron chi connectivity index (χ1n) is 4.67. The van der Waals surface area contributed by atoms with Crippen LogP contribution in [0, 0.1) is 0 Å². The third-order valence-electron chi connectivity index (χ3n) is 1.80. The molecule has 1 rings (SSSR count).